The number of carboxylic acid groups (broad SMARTS) is 1. The van der Waals surface area contributed by atoms with E-state index in [0.29, 0.717) is 11.0 Å². The molecule has 0 aliphatic carbocycles. The molecule has 3 N–H and O–H groups in total. The van der Waals surface area contributed by atoms with E-state index in [-0.39, 0.29) is 5.75 Å². The number of aromatic hydroxyl groups is 1. The summed E-state index contributed by atoms with van der Waals surface area (Å²) in [5.41, 5.74) is 0.832. The van der Waals surface area contributed by atoms with Crippen LogP contribution in [0.25, 0.3) is 10.4 Å². The summed E-state index contributed by atoms with van der Waals surface area (Å²) in [6.07, 6.45) is 0.675. The fourth-order valence-electron chi connectivity index (χ4n) is 1.51. The predicted octanol–water partition coefficient (Wildman–Crippen LogP) is 2.83. The molecule has 0 aliphatic rings. The van der Waals surface area contributed by atoms with Crippen molar-refractivity contribution in [3.63, 3.8) is 0 Å². The summed E-state index contributed by atoms with van der Waals surface area (Å²) < 4.78 is 0. The summed E-state index contributed by atoms with van der Waals surface area (Å²) in [5, 5.41) is 26.7. The van der Waals surface area contributed by atoms with E-state index in [9.17, 15) is 14.7 Å². The van der Waals surface area contributed by atoms with Crippen LogP contribution in [0.4, 0.5) is 0 Å². The molecule has 0 saturated heterocycles. The van der Waals surface area contributed by atoms with E-state index in [1.54, 1.807) is 24.3 Å². The Balaban J connectivity index is 2.25. The fraction of sp³-hybridized carbons (Fsp3) is 0. The van der Waals surface area contributed by atoms with Crippen molar-refractivity contribution in [2.45, 2.75) is 0 Å². The van der Waals surface area contributed by atoms with Gasteiger partial charge in [-0.15, -0.1) is 11.3 Å². The zero-order valence-corrected chi connectivity index (χ0v) is 10.9. The van der Waals surface area contributed by atoms with Gasteiger partial charge in [-0.1, -0.05) is 0 Å². The number of aliphatic hydroxyl groups excluding tert-OH is 1. The van der Waals surface area contributed by atoms with Gasteiger partial charge >= 0.3 is 5.97 Å². The summed E-state index contributed by atoms with van der Waals surface area (Å²) >= 11 is 1.17. The van der Waals surface area contributed by atoms with Crippen LogP contribution in [0.2, 0.25) is 0 Å². The van der Waals surface area contributed by atoms with Crippen molar-refractivity contribution in [2.24, 2.45) is 0 Å². The van der Waals surface area contributed by atoms with E-state index in [4.69, 9.17) is 10.2 Å². The van der Waals surface area contributed by atoms with Crippen molar-refractivity contribution >= 4 is 23.1 Å². The van der Waals surface area contributed by atoms with Crippen LogP contribution in [-0.2, 0) is 4.79 Å². The Morgan fingerprint density at radius 1 is 1.00 bits per heavy atom. The highest BCUT2D eigenvalue weighted by atomic mass is 32.1. The number of ketones is 1. The number of carbonyl (C=O) groups is 2. The number of carboxylic acids is 1. The number of hydrogen-bond acceptors (Lipinski definition) is 5. The van der Waals surface area contributed by atoms with Gasteiger partial charge in [0.05, 0.1) is 4.88 Å². The van der Waals surface area contributed by atoms with E-state index in [1.165, 1.54) is 23.5 Å². The standard InChI is InChI=1S/C14H10O5S/c15-9-3-1-8(2-4-9)12-5-6-13(20-12)10(16)7-11(17)14(18)19/h1-7,15,17H,(H,18,19)/b11-7-. The third-order valence-electron chi connectivity index (χ3n) is 2.49. The Morgan fingerprint density at radius 2 is 1.65 bits per heavy atom. The zero-order valence-electron chi connectivity index (χ0n) is 10.1. The Hall–Kier alpha value is -2.60. The van der Waals surface area contributed by atoms with Crippen molar-refractivity contribution in [1.29, 1.82) is 0 Å². The predicted molar refractivity (Wildman–Crippen MR) is 74.1 cm³/mol. The smallest absolute Gasteiger partial charge is 0.371 e. The molecule has 0 atom stereocenters. The number of phenolic OH excluding ortho intramolecular Hbond substituents is 1. The van der Waals surface area contributed by atoms with Gasteiger partial charge < -0.3 is 15.3 Å². The van der Waals surface area contributed by atoms with Gasteiger partial charge in [0.25, 0.3) is 0 Å². The summed E-state index contributed by atoms with van der Waals surface area (Å²) in [5.74, 6) is -2.96. The van der Waals surface area contributed by atoms with Crippen LogP contribution < -0.4 is 0 Å². The van der Waals surface area contributed by atoms with E-state index in [0.717, 1.165) is 10.4 Å². The quantitative estimate of drug-likeness (QED) is 0.457. The largest absolute Gasteiger partial charge is 0.508 e. The van der Waals surface area contributed by atoms with Crippen LogP contribution in [0.15, 0.2) is 48.2 Å². The minimum atomic E-state index is -1.55. The van der Waals surface area contributed by atoms with Gasteiger partial charge in [0, 0.05) is 11.0 Å². The molecule has 1 heterocycles. The maximum absolute atomic E-state index is 11.7. The molecule has 0 fully saturated rings. The number of aliphatic carboxylic acids is 1. The molecule has 2 aromatic rings. The molecule has 2 rings (SSSR count). The van der Waals surface area contributed by atoms with Crippen LogP contribution in [0.3, 0.4) is 0 Å². The minimum absolute atomic E-state index is 0.149. The molecule has 1 aromatic heterocycles. The maximum atomic E-state index is 11.7. The second kappa shape index (κ2) is 5.58. The molecule has 0 amide bonds. The number of allylic oxidation sites excluding steroid dienone is 1. The lowest BCUT2D eigenvalue weighted by molar-refractivity contribution is -0.135. The Labute approximate surface area is 118 Å². The highest BCUT2D eigenvalue weighted by Gasteiger charge is 2.12. The first kappa shape index (κ1) is 13.8. The topological polar surface area (TPSA) is 94.8 Å². The van der Waals surface area contributed by atoms with Gasteiger partial charge in [0.2, 0.25) is 5.76 Å². The highest BCUT2D eigenvalue weighted by Crippen LogP contribution is 2.29. The SMILES string of the molecule is O=C(O)/C(O)=C/C(=O)c1ccc(-c2ccc(O)cc2)s1. The van der Waals surface area contributed by atoms with Crippen molar-refractivity contribution in [3.05, 3.63) is 53.1 Å². The van der Waals surface area contributed by atoms with Gasteiger partial charge in [-0.05, 0) is 42.0 Å². The summed E-state index contributed by atoms with van der Waals surface area (Å²) in [6, 6.07) is 9.76. The Morgan fingerprint density at radius 3 is 2.25 bits per heavy atom. The molecular formula is C14H10O5S. The average Bonchev–Trinajstić information content (AvgIpc) is 2.89. The van der Waals surface area contributed by atoms with Crippen LogP contribution >= 0.6 is 11.3 Å². The van der Waals surface area contributed by atoms with Crippen molar-refractivity contribution in [1.82, 2.24) is 0 Å². The van der Waals surface area contributed by atoms with Crippen LogP contribution in [0, 0.1) is 0 Å². The number of phenols is 1. The normalized spacial score (nSPS) is 11.3. The summed E-state index contributed by atoms with van der Waals surface area (Å²) in [6.45, 7) is 0. The number of carbonyl (C=O) groups excluding carboxylic acids is 1. The second-order valence-corrected chi connectivity index (χ2v) is 4.99. The number of thiophene rings is 1. The fourth-order valence-corrected chi connectivity index (χ4v) is 2.43. The van der Waals surface area contributed by atoms with E-state index >= 15 is 0 Å². The minimum Gasteiger partial charge on any atom is -0.508 e. The third-order valence-corrected chi connectivity index (χ3v) is 3.64. The molecule has 1 aromatic carbocycles. The summed E-state index contributed by atoms with van der Waals surface area (Å²) in [4.78, 5) is 23.3. The molecule has 102 valence electrons. The van der Waals surface area contributed by atoms with Crippen LogP contribution in [0.1, 0.15) is 9.67 Å². The number of hydrogen-bond donors (Lipinski definition) is 3. The molecular weight excluding hydrogens is 280 g/mol. The first-order valence-corrected chi connectivity index (χ1v) is 6.36. The highest BCUT2D eigenvalue weighted by molar-refractivity contribution is 7.17. The molecule has 6 heteroatoms. The van der Waals surface area contributed by atoms with Crippen molar-refractivity contribution in [3.8, 4) is 16.2 Å². The lowest BCUT2D eigenvalue weighted by atomic mass is 10.2. The molecule has 0 radical (unpaired) electrons. The number of rotatable bonds is 4. The Bertz CT molecular complexity index is 682. The molecule has 5 nitrogen and oxygen atoms in total. The van der Waals surface area contributed by atoms with Crippen LogP contribution in [0.5, 0.6) is 5.75 Å². The van der Waals surface area contributed by atoms with Crippen molar-refractivity contribution < 1.29 is 24.9 Å². The Kier molecular flexibility index (Phi) is 3.86. The average molecular weight is 290 g/mol. The molecule has 0 bridgehead atoms. The molecule has 0 spiro atoms. The van der Waals surface area contributed by atoms with E-state index in [1.807, 2.05) is 0 Å². The maximum Gasteiger partial charge on any atom is 0.371 e. The second-order valence-electron chi connectivity index (χ2n) is 3.91. The molecule has 20 heavy (non-hydrogen) atoms. The monoisotopic (exact) mass is 290 g/mol. The van der Waals surface area contributed by atoms with Gasteiger partial charge in [0.1, 0.15) is 5.75 Å². The molecule has 0 saturated carbocycles. The molecule has 0 aliphatic heterocycles. The molecule has 0 unspecified atom stereocenters. The summed E-state index contributed by atoms with van der Waals surface area (Å²) in [7, 11) is 0. The first-order chi connectivity index (χ1) is 9.47. The zero-order chi connectivity index (χ0) is 14.7. The van der Waals surface area contributed by atoms with E-state index in [2.05, 4.69) is 0 Å². The first-order valence-electron chi connectivity index (χ1n) is 5.55. The van der Waals surface area contributed by atoms with Crippen molar-refractivity contribution in [2.75, 3.05) is 0 Å². The van der Waals surface area contributed by atoms with Gasteiger partial charge in [-0.3, -0.25) is 4.79 Å². The van der Waals surface area contributed by atoms with Gasteiger partial charge in [0.15, 0.2) is 5.78 Å². The van der Waals surface area contributed by atoms with Crippen LogP contribution in [-0.4, -0.2) is 27.1 Å². The lowest BCUT2D eigenvalue weighted by Gasteiger charge is -1.97. The number of aliphatic hydroxyl groups is 1. The lowest BCUT2D eigenvalue weighted by Crippen LogP contribution is -2.02. The third kappa shape index (κ3) is 3.04. The van der Waals surface area contributed by atoms with Gasteiger partial charge in [-0.25, -0.2) is 4.79 Å². The van der Waals surface area contributed by atoms with E-state index < -0.39 is 17.5 Å². The number of benzene rings is 1. The van der Waals surface area contributed by atoms with Gasteiger partial charge in [-0.2, -0.15) is 0 Å².